The van der Waals surface area contributed by atoms with E-state index in [2.05, 4.69) is 16.4 Å². The number of fused-ring (bicyclic) bond motifs is 3. The van der Waals surface area contributed by atoms with E-state index in [1.54, 1.807) is 33.2 Å². The van der Waals surface area contributed by atoms with Crippen LogP contribution >= 0.6 is 35.0 Å². The summed E-state index contributed by atoms with van der Waals surface area (Å²) in [5, 5.41) is 13.0. The molecule has 202 valence electrons. The first-order valence-corrected chi connectivity index (χ1v) is 13.2. The number of anilines is 1. The Balaban J connectivity index is 0.000000771. The largest absolute Gasteiger partial charge is 0.455 e. The predicted octanol–water partition coefficient (Wildman–Crippen LogP) is 5.34. The van der Waals surface area contributed by atoms with Gasteiger partial charge in [-0.1, -0.05) is 47.1 Å². The fourth-order valence-electron chi connectivity index (χ4n) is 3.39. The summed E-state index contributed by atoms with van der Waals surface area (Å²) in [6, 6.07) is 16.3. The van der Waals surface area contributed by atoms with E-state index in [4.69, 9.17) is 27.9 Å². The van der Waals surface area contributed by atoms with Gasteiger partial charge in [-0.05, 0) is 55.8 Å². The molecule has 0 bridgehead atoms. The average molecular weight is 587 g/mol. The summed E-state index contributed by atoms with van der Waals surface area (Å²) in [5.74, 6) is -1.05. The minimum atomic E-state index is -0.616. The molecule has 0 aliphatic heterocycles. The first-order valence-electron chi connectivity index (χ1n) is 11.6. The van der Waals surface area contributed by atoms with Crippen LogP contribution in [0.2, 0.25) is 10.0 Å². The molecule has 0 spiro atoms. The number of carbonyl (C=O) groups excluding carboxylic acids is 3. The van der Waals surface area contributed by atoms with Gasteiger partial charge in [-0.25, -0.2) is 4.98 Å². The van der Waals surface area contributed by atoms with Gasteiger partial charge in [0.15, 0.2) is 12.3 Å². The second-order valence-electron chi connectivity index (χ2n) is 8.53. The Labute approximate surface area is 239 Å². The minimum Gasteiger partial charge on any atom is -0.455 e. The van der Waals surface area contributed by atoms with E-state index < -0.39 is 23.7 Å². The number of amides is 2. The van der Waals surface area contributed by atoms with Crippen molar-refractivity contribution >= 4 is 75.6 Å². The van der Waals surface area contributed by atoms with Crippen molar-refractivity contribution in [1.82, 2.24) is 14.3 Å². The topological polar surface area (TPSA) is 117 Å². The van der Waals surface area contributed by atoms with E-state index in [1.165, 1.54) is 22.7 Å². The molecule has 0 aliphatic rings. The summed E-state index contributed by atoms with van der Waals surface area (Å²) in [6.07, 6.45) is 0.750. The molecule has 2 amide bonds. The number of nitrogens with one attached hydrogen (secondary N) is 1. The number of benzene rings is 2. The zero-order valence-electron chi connectivity index (χ0n) is 21.6. The highest BCUT2D eigenvalue weighted by Gasteiger charge is 2.22. The lowest BCUT2D eigenvalue weighted by Gasteiger charge is -2.14. The molecular formula is C27H25Cl2N5O4S. The lowest BCUT2D eigenvalue weighted by Crippen LogP contribution is -2.25. The number of rotatable bonds is 7. The fraction of sp³-hybridized carbons (Fsp3) is 0.222. The van der Waals surface area contributed by atoms with Crippen LogP contribution in [0.1, 0.15) is 18.1 Å². The fourth-order valence-corrected chi connectivity index (χ4v) is 4.75. The van der Waals surface area contributed by atoms with Crippen LogP contribution in [-0.2, 0) is 19.1 Å². The van der Waals surface area contributed by atoms with Crippen LogP contribution in [0.4, 0.5) is 5.69 Å². The number of ether oxygens (including phenoxy) is 1. The van der Waals surface area contributed by atoms with Gasteiger partial charge in [0, 0.05) is 19.8 Å². The SMILES string of the molecule is CN(C)C=O.Cc1cc(SC(C)C(=O)OCC(=O)Nc2ccc(Cl)c(Cl)c2)n2c(nc3ccccc32)c1C#N. The number of hydrogen-bond acceptors (Lipinski definition) is 7. The van der Waals surface area contributed by atoms with E-state index >= 15 is 0 Å². The standard InChI is InChI=1S/C24H18Cl2N4O3S.C3H7NO/c1-13-9-22(30-20-6-4-3-5-19(20)29-23(30)16(13)11-27)34-14(2)24(32)33-12-21(31)28-15-7-8-17(25)18(26)10-15;1-4(2)3-5/h3-10,14H,12H2,1-2H3,(H,28,31);3H,1-2H3. The number of thioether (sulfide) groups is 1. The molecule has 0 fully saturated rings. The maximum atomic E-state index is 12.6. The van der Waals surface area contributed by atoms with Gasteiger partial charge in [-0.3, -0.25) is 18.8 Å². The number of carbonyl (C=O) groups is 3. The Kier molecular flexibility index (Phi) is 10.2. The van der Waals surface area contributed by atoms with Crippen LogP contribution in [-0.4, -0.2) is 58.5 Å². The summed E-state index contributed by atoms with van der Waals surface area (Å²) in [6.45, 7) is 3.08. The van der Waals surface area contributed by atoms with Crippen molar-refractivity contribution in [2.24, 2.45) is 0 Å². The number of para-hydroxylation sites is 2. The lowest BCUT2D eigenvalue weighted by molar-refractivity contribution is -0.146. The predicted molar refractivity (Wildman–Crippen MR) is 153 cm³/mol. The number of aromatic nitrogens is 2. The smallest absolute Gasteiger partial charge is 0.319 e. The third-order valence-corrected chi connectivity index (χ3v) is 7.07. The third-order valence-electron chi connectivity index (χ3n) is 5.24. The molecule has 39 heavy (non-hydrogen) atoms. The van der Waals surface area contributed by atoms with E-state index in [0.717, 1.165) is 28.0 Å². The van der Waals surface area contributed by atoms with Crippen molar-refractivity contribution in [1.29, 1.82) is 5.26 Å². The molecule has 0 aliphatic carbocycles. The maximum absolute atomic E-state index is 12.6. The van der Waals surface area contributed by atoms with Crippen LogP contribution in [0.15, 0.2) is 53.6 Å². The summed E-state index contributed by atoms with van der Waals surface area (Å²) in [5.41, 5.74) is 3.80. The Morgan fingerprint density at radius 1 is 1.21 bits per heavy atom. The van der Waals surface area contributed by atoms with Crippen LogP contribution in [0, 0.1) is 18.3 Å². The van der Waals surface area contributed by atoms with Crippen LogP contribution in [0.25, 0.3) is 16.7 Å². The van der Waals surface area contributed by atoms with Crippen molar-refractivity contribution in [2.45, 2.75) is 24.1 Å². The molecular weight excluding hydrogens is 561 g/mol. The number of nitrogens with zero attached hydrogens (tertiary/aromatic N) is 4. The van der Waals surface area contributed by atoms with Crippen LogP contribution in [0.5, 0.6) is 0 Å². The summed E-state index contributed by atoms with van der Waals surface area (Å²) in [4.78, 5) is 40.3. The molecule has 9 nitrogen and oxygen atoms in total. The average Bonchev–Trinajstić information content (AvgIpc) is 3.29. The van der Waals surface area contributed by atoms with E-state index in [9.17, 15) is 19.6 Å². The highest BCUT2D eigenvalue weighted by molar-refractivity contribution is 8.00. The van der Waals surface area contributed by atoms with Gasteiger partial charge in [-0.15, -0.1) is 0 Å². The van der Waals surface area contributed by atoms with Crippen molar-refractivity contribution in [2.75, 3.05) is 26.0 Å². The lowest BCUT2D eigenvalue weighted by atomic mass is 10.2. The second kappa shape index (κ2) is 13.3. The van der Waals surface area contributed by atoms with E-state index in [-0.39, 0.29) is 0 Å². The maximum Gasteiger partial charge on any atom is 0.319 e. The Hall–Kier alpha value is -3.78. The molecule has 1 atom stereocenters. The van der Waals surface area contributed by atoms with Gasteiger partial charge in [0.25, 0.3) is 5.91 Å². The van der Waals surface area contributed by atoms with Gasteiger partial charge in [0.2, 0.25) is 6.41 Å². The molecule has 2 aromatic heterocycles. The normalized spacial score (nSPS) is 11.2. The number of esters is 1. The molecule has 0 saturated carbocycles. The highest BCUT2D eigenvalue weighted by Crippen LogP contribution is 2.32. The number of pyridine rings is 1. The number of hydrogen-bond donors (Lipinski definition) is 1. The summed E-state index contributed by atoms with van der Waals surface area (Å²) in [7, 11) is 3.38. The molecule has 1 N–H and O–H groups in total. The van der Waals surface area contributed by atoms with Crippen molar-refractivity contribution in [3.63, 3.8) is 0 Å². The van der Waals surface area contributed by atoms with E-state index in [0.29, 0.717) is 26.9 Å². The number of halogens is 2. The van der Waals surface area contributed by atoms with Crippen molar-refractivity contribution in [3.8, 4) is 6.07 Å². The zero-order valence-corrected chi connectivity index (χ0v) is 23.9. The molecule has 1 unspecified atom stereocenters. The first-order chi connectivity index (χ1) is 18.5. The number of imidazole rings is 1. The van der Waals surface area contributed by atoms with Crippen molar-refractivity contribution < 1.29 is 19.1 Å². The number of nitriles is 1. The quantitative estimate of drug-likeness (QED) is 0.177. The Morgan fingerprint density at radius 3 is 2.54 bits per heavy atom. The first kappa shape index (κ1) is 29.8. The molecule has 0 radical (unpaired) electrons. The third kappa shape index (κ3) is 7.41. The van der Waals surface area contributed by atoms with E-state index in [1.807, 2.05) is 41.7 Å². The molecule has 2 heterocycles. The Morgan fingerprint density at radius 2 is 1.90 bits per heavy atom. The zero-order chi connectivity index (χ0) is 28.7. The number of aryl methyl sites for hydroxylation is 1. The molecule has 0 saturated heterocycles. The highest BCUT2D eigenvalue weighted by atomic mass is 35.5. The second-order valence-corrected chi connectivity index (χ2v) is 10.7. The minimum absolute atomic E-state index is 0.303. The molecule has 2 aromatic carbocycles. The van der Waals surface area contributed by atoms with Crippen molar-refractivity contribution in [3.05, 3.63) is 69.7 Å². The van der Waals surface area contributed by atoms with Gasteiger partial charge in [0.1, 0.15) is 11.3 Å². The summed E-state index contributed by atoms with van der Waals surface area (Å²) < 4.78 is 7.08. The van der Waals surface area contributed by atoms with Gasteiger partial charge in [0.05, 0.1) is 31.7 Å². The van der Waals surface area contributed by atoms with Crippen LogP contribution in [0.3, 0.4) is 0 Å². The molecule has 4 rings (SSSR count). The molecule has 12 heteroatoms. The van der Waals surface area contributed by atoms with Gasteiger partial charge < -0.3 is 15.0 Å². The van der Waals surface area contributed by atoms with Crippen LogP contribution < -0.4 is 5.32 Å². The monoisotopic (exact) mass is 585 g/mol. The Bertz CT molecular complexity index is 1580. The molecule has 4 aromatic rings. The summed E-state index contributed by atoms with van der Waals surface area (Å²) >= 11 is 13.1. The van der Waals surface area contributed by atoms with Gasteiger partial charge >= 0.3 is 5.97 Å². The van der Waals surface area contributed by atoms with Gasteiger partial charge in [-0.2, -0.15) is 5.26 Å².